The Morgan fingerprint density at radius 3 is 2.39 bits per heavy atom. The van der Waals surface area contributed by atoms with Crippen molar-refractivity contribution in [3.63, 3.8) is 0 Å². The zero-order valence-electron chi connectivity index (χ0n) is 13.9. The van der Waals surface area contributed by atoms with Gasteiger partial charge in [0.2, 0.25) is 0 Å². The molecular weight excluding hydrogens is 292 g/mol. The van der Waals surface area contributed by atoms with Crippen LogP contribution in [-0.4, -0.2) is 32.2 Å². The summed E-state index contributed by atoms with van der Waals surface area (Å²) in [6, 6.07) is 5.83. The zero-order chi connectivity index (χ0) is 16.4. The van der Waals surface area contributed by atoms with Crippen LogP contribution in [0, 0.1) is 11.8 Å². The molecule has 1 amide bonds. The lowest BCUT2D eigenvalue weighted by Crippen LogP contribution is -2.53. The number of carbonyl (C=O) groups excluding carboxylic acids is 1. The molecule has 5 heteroatoms. The number of benzene rings is 1. The Balaban J connectivity index is 1.74. The smallest absolute Gasteiger partial charge is 0.251 e. The molecule has 126 valence electrons. The van der Waals surface area contributed by atoms with E-state index in [1.54, 1.807) is 32.4 Å². The number of ether oxygens (including phenoxy) is 2. The van der Waals surface area contributed by atoms with E-state index >= 15 is 0 Å². The molecule has 2 atom stereocenters. The van der Waals surface area contributed by atoms with Gasteiger partial charge in [0, 0.05) is 17.6 Å². The van der Waals surface area contributed by atoms with E-state index in [0.717, 1.165) is 12.8 Å². The van der Waals surface area contributed by atoms with Gasteiger partial charge in [0.1, 0.15) is 0 Å². The van der Waals surface area contributed by atoms with Crippen molar-refractivity contribution in [2.75, 3.05) is 14.2 Å². The van der Waals surface area contributed by atoms with E-state index < -0.39 is 0 Å². The van der Waals surface area contributed by atoms with Gasteiger partial charge in [-0.3, -0.25) is 4.79 Å². The van der Waals surface area contributed by atoms with Crippen molar-refractivity contribution in [2.45, 2.75) is 44.2 Å². The molecule has 0 saturated heterocycles. The van der Waals surface area contributed by atoms with Crippen molar-refractivity contribution >= 4 is 5.91 Å². The highest BCUT2D eigenvalue weighted by molar-refractivity contribution is 5.95. The predicted octanol–water partition coefficient (Wildman–Crippen LogP) is 2.34. The molecule has 0 heterocycles. The molecule has 2 saturated carbocycles. The van der Waals surface area contributed by atoms with E-state index in [1.165, 1.54) is 19.3 Å². The standard InChI is InChI=1S/C18H26N2O3/c1-22-15-7-6-13(10-16(15)23-2)18(21)20-17-11-4-3-5-12(17)9-14(19)8-11/h6-7,10-12,14,17H,3-5,8-9,19H2,1-2H3,(H,20,21). The molecule has 3 N–H and O–H groups in total. The lowest BCUT2D eigenvalue weighted by Gasteiger charge is -2.45. The fourth-order valence-corrected chi connectivity index (χ4v) is 4.24. The first-order valence-electron chi connectivity index (χ1n) is 8.41. The summed E-state index contributed by atoms with van der Waals surface area (Å²) < 4.78 is 10.5. The van der Waals surface area contributed by atoms with Gasteiger partial charge >= 0.3 is 0 Å². The third-order valence-electron chi connectivity index (χ3n) is 5.32. The molecule has 0 aromatic heterocycles. The molecule has 2 aliphatic rings. The lowest BCUT2D eigenvalue weighted by atomic mass is 9.67. The number of nitrogens with one attached hydrogen (secondary N) is 1. The number of nitrogens with two attached hydrogens (primary N) is 1. The Morgan fingerprint density at radius 1 is 1.13 bits per heavy atom. The van der Waals surface area contributed by atoms with Crippen LogP contribution in [0.15, 0.2) is 18.2 Å². The molecule has 2 fully saturated rings. The highest BCUT2D eigenvalue weighted by Crippen LogP contribution is 2.40. The second-order valence-corrected chi connectivity index (χ2v) is 6.75. The van der Waals surface area contributed by atoms with Crippen molar-refractivity contribution in [2.24, 2.45) is 17.6 Å². The van der Waals surface area contributed by atoms with E-state index in [-0.39, 0.29) is 11.9 Å². The van der Waals surface area contributed by atoms with Crippen LogP contribution < -0.4 is 20.5 Å². The molecule has 3 rings (SSSR count). The van der Waals surface area contributed by atoms with Gasteiger partial charge in [-0.1, -0.05) is 6.42 Å². The van der Waals surface area contributed by atoms with Crippen LogP contribution >= 0.6 is 0 Å². The summed E-state index contributed by atoms with van der Waals surface area (Å²) in [5.41, 5.74) is 6.76. The summed E-state index contributed by atoms with van der Waals surface area (Å²) in [6.45, 7) is 0. The van der Waals surface area contributed by atoms with E-state index in [0.29, 0.717) is 34.9 Å². The maximum atomic E-state index is 12.7. The number of fused-ring (bicyclic) bond motifs is 2. The Labute approximate surface area is 137 Å². The Kier molecular flexibility index (Phi) is 4.76. The summed E-state index contributed by atoms with van der Waals surface area (Å²) in [5.74, 6) is 2.20. The number of methoxy groups -OCH3 is 2. The highest BCUT2D eigenvalue weighted by atomic mass is 16.5. The van der Waals surface area contributed by atoms with Crippen molar-refractivity contribution < 1.29 is 14.3 Å². The van der Waals surface area contributed by atoms with E-state index in [2.05, 4.69) is 5.32 Å². The number of hydrogen-bond acceptors (Lipinski definition) is 4. The second kappa shape index (κ2) is 6.79. The molecule has 2 bridgehead atoms. The Bertz CT molecular complexity index is 561. The van der Waals surface area contributed by atoms with Gasteiger partial charge in [0.15, 0.2) is 11.5 Å². The molecule has 0 spiro atoms. The zero-order valence-corrected chi connectivity index (χ0v) is 13.9. The average Bonchev–Trinajstić information content (AvgIpc) is 2.54. The van der Waals surface area contributed by atoms with Gasteiger partial charge in [0.25, 0.3) is 5.91 Å². The first-order valence-corrected chi connectivity index (χ1v) is 8.41. The fraction of sp³-hybridized carbons (Fsp3) is 0.611. The number of rotatable bonds is 4. The monoisotopic (exact) mass is 318 g/mol. The van der Waals surface area contributed by atoms with Crippen molar-refractivity contribution in [1.82, 2.24) is 5.32 Å². The van der Waals surface area contributed by atoms with Crippen LogP contribution in [0.2, 0.25) is 0 Å². The number of hydrogen-bond donors (Lipinski definition) is 2. The summed E-state index contributed by atoms with van der Waals surface area (Å²) in [7, 11) is 3.16. The predicted molar refractivity (Wildman–Crippen MR) is 88.8 cm³/mol. The average molecular weight is 318 g/mol. The SMILES string of the molecule is COc1ccc(C(=O)NC2C3CCCC2CC(N)C3)cc1OC. The molecule has 2 unspecified atom stereocenters. The summed E-state index contributed by atoms with van der Waals surface area (Å²) >= 11 is 0. The van der Waals surface area contributed by atoms with E-state index in [9.17, 15) is 4.79 Å². The third-order valence-corrected chi connectivity index (χ3v) is 5.32. The molecule has 23 heavy (non-hydrogen) atoms. The van der Waals surface area contributed by atoms with Crippen LogP contribution in [0.25, 0.3) is 0 Å². The van der Waals surface area contributed by atoms with Crippen LogP contribution in [0.3, 0.4) is 0 Å². The van der Waals surface area contributed by atoms with Crippen molar-refractivity contribution in [3.8, 4) is 11.5 Å². The molecule has 1 aromatic rings. The number of carbonyl (C=O) groups is 1. The molecule has 1 aromatic carbocycles. The maximum Gasteiger partial charge on any atom is 0.251 e. The number of amides is 1. The normalized spacial score (nSPS) is 29.7. The van der Waals surface area contributed by atoms with Gasteiger partial charge in [-0.25, -0.2) is 0 Å². The van der Waals surface area contributed by atoms with Crippen LogP contribution in [0.1, 0.15) is 42.5 Å². The van der Waals surface area contributed by atoms with Crippen molar-refractivity contribution in [1.29, 1.82) is 0 Å². The van der Waals surface area contributed by atoms with E-state index in [4.69, 9.17) is 15.2 Å². The van der Waals surface area contributed by atoms with Gasteiger partial charge in [-0.2, -0.15) is 0 Å². The summed E-state index contributed by atoms with van der Waals surface area (Å²) in [6.07, 6.45) is 5.63. The maximum absolute atomic E-state index is 12.7. The van der Waals surface area contributed by atoms with Gasteiger partial charge in [-0.15, -0.1) is 0 Å². The van der Waals surface area contributed by atoms with Gasteiger partial charge < -0.3 is 20.5 Å². The second-order valence-electron chi connectivity index (χ2n) is 6.75. The quantitative estimate of drug-likeness (QED) is 0.893. The first-order chi connectivity index (χ1) is 11.1. The Hall–Kier alpha value is -1.75. The van der Waals surface area contributed by atoms with E-state index in [1.807, 2.05) is 0 Å². The minimum atomic E-state index is -0.0386. The first kappa shape index (κ1) is 16.1. The summed E-state index contributed by atoms with van der Waals surface area (Å²) in [5, 5.41) is 3.26. The van der Waals surface area contributed by atoms with Crippen LogP contribution in [-0.2, 0) is 0 Å². The topological polar surface area (TPSA) is 73.6 Å². The lowest BCUT2D eigenvalue weighted by molar-refractivity contribution is 0.0755. The molecule has 5 nitrogen and oxygen atoms in total. The largest absolute Gasteiger partial charge is 0.493 e. The van der Waals surface area contributed by atoms with Gasteiger partial charge in [0.05, 0.1) is 14.2 Å². The van der Waals surface area contributed by atoms with Crippen LogP contribution in [0.4, 0.5) is 0 Å². The molecular formula is C18H26N2O3. The van der Waals surface area contributed by atoms with Crippen molar-refractivity contribution in [3.05, 3.63) is 23.8 Å². The van der Waals surface area contributed by atoms with Gasteiger partial charge in [-0.05, 0) is 55.7 Å². The third kappa shape index (κ3) is 3.29. The molecule has 0 aliphatic heterocycles. The minimum Gasteiger partial charge on any atom is -0.493 e. The molecule has 2 aliphatic carbocycles. The highest BCUT2D eigenvalue weighted by Gasteiger charge is 2.39. The molecule has 0 radical (unpaired) electrons. The Morgan fingerprint density at radius 2 is 1.78 bits per heavy atom. The minimum absolute atomic E-state index is 0.0386. The fourth-order valence-electron chi connectivity index (χ4n) is 4.24. The van der Waals surface area contributed by atoms with Crippen LogP contribution in [0.5, 0.6) is 11.5 Å². The summed E-state index contributed by atoms with van der Waals surface area (Å²) in [4.78, 5) is 12.7.